The van der Waals surface area contributed by atoms with Crippen LogP contribution in [-0.2, 0) is 17.1 Å². The number of rotatable bonds is 4. The molecule has 0 saturated carbocycles. The SMILES string of the molecule is N#Cc1cc(CC(=O)O)c(C(F)F)c(CCl)n1. The summed E-state index contributed by atoms with van der Waals surface area (Å²) in [6, 6.07) is 2.72. The quantitative estimate of drug-likeness (QED) is 0.843. The molecule has 1 rings (SSSR count). The van der Waals surface area contributed by atoms with Gasteiger partial charge in [0.05, 0.1) is 18.0 Å². The molecule has 17 heavy (non-hydrogen) atoms. The number of aliphatic carboxylic acids is 1. The highest BCUT2D eigenvalue weighted by Crippen LogP contribution is 2.28. The average molecular weight is 261 g/mol. The lowest BCUT2D eigenvalue weighted by Crippen LogP contribution is -2.09. The molecule has 0 spiro atoms. The van der Waals surface area contributed by atoms with Crippen LogP contribution in [0, 0.1) is 11.3 Å². The molecule has 4 nitrogen and oxygen atoms in total. The van der Waals surface area contributed by atoms with Crippen molar-refractivity contribution >= 4 is 17.6 Å². The molecule has 1 aromatic heterocycles. The Morgan fingerprint density at radius 3 is 2.71 bits per heavy atom. The molecule has 0 unspecified atom stereocenters. The van der Waals surface area contributed by atoms with Gasteiger partial charge >= 0.3 is 5.97 Å². The number of nitrogens with zero attached hydrogens (tertiary/aromatic N) is 2. The zero-order valence-corrected chi connectivity index (χ0v) is 9.21. The maximum Gasteiger partial charge on any atom is 0.307 e. The lowest BCUT2D eigenvalue weighted by atomic mass is 10.0. The molecule has 1 N–H and O–H groups in total. The van der Waals surface area contributed by atoms with Crippen LogP contribution in [-0.4, -0.2) is 16.1 Å². The number of carboxylic acid groups (broad SMARTS) is 1. The number of hydrogen-bond donors (Lipinski definition) is 1. The summed E-state index contributed by atoms with van der Waals surface area (Å²) in [5.41, 5.74) is -0.908. The zero-order chi connectivity index (χ0) is 13.0. The summed E-state index contributed by atoms with van der Waals surface area (Å²) in [5.74, 6) is -1.57. The first-order valence-corrected chi connectivity index (χ1v) is 5.01. The van der Waals surface area contributed by atoms with Crippen molar-refractivity contribution in [1.29, 1.82) is 5.26 Å². The second-order valence-electron chi connectivity index (χ2n) is 3.14. The molecule has 90 valence electrons. The summed E-state index contributed by atoms with van der Waals surface area (Å²) < 4.78 is 25.6. The van der Waals surface area contributed by atoms with E-state index in [0.717, 1.165) is 6.07 Å². The minimum absolute atomic E-state index is 0.124. The van der Waals surface area contributed by atoms with E-state index in [4.69, 9.17) is 22.0 Å². The van der Waals surface area contributed by atoms with Crippen LogP contribution in [0.5, 0.6) is 0 Å². The minimum Gasteiger partial charge on any atom is -0.481 e. The maximum atomic E-state index is 12.8. The molecule has 1 aromatic rings. The fourth-order valence-electron chi connectivity index (χ4n) is 1.40. The fourth-order valence-corrected chi connectivity index (χ4v) is 1.60. The molecule has 7 heteroatoms. The Kier molecular flexibility index (Phi) is 4.35. The third-order valence-corrected chi connectivity index (χ3v) is 2.28. The van der Waals surface area contributed by atoms with Crippen LogP contribution in [0.1, 0.15) is 28.9 Å². The van der Waals surface area contributed by atoms with E-state index < -0.39 is 24.4 Å². The van der Waals surface area contributed by atoms with Gasteiger partial charge in [0.1, 0.15) is 11.8 Å². The first-order valence-electron chi connectivity index (χ1n) is 4.48. The smallest absolute Gasteiger partial charge is 0.307 e. The molecule has 0 aliphatic rings. The van der Waals surface area contributed by atoms with Crippen molar-refractivity contribution in [3.05, 3.63) is 28.6 Å². The van der Waals surface area contributed by atoms with Gasteiger partial charge in [0, 0.05) is 5.56 Å². The van der Waals surface area contributed by atoms with E-state index in [1.165, 1.54) is 0 Å². The van der Waals surface area contributed by atoms with Gasteiger partial charge in [-0.2, -0.15) is 5.26 Å². The van der Waals surface area contributed by atoms with Gasteiger partial charge in [-0.15, -0.1) is 11.6 Å². The van der Waals surface area contributed by atoms with Crippen molar-refractivity contribution in [3.63, 3.8) is 0 Å². The second kappa shape index (κ2) is 5.55. The Morgan fingerprint density at radius 2 is 2.29 bits per heavy atom. The van der Waals surface area contributed by atoms with E-state index >= 15 is 0 Å². The zero-order valence-electron chi connectivity index (χ0n) is 8.45. The van der Waals surface area contributed by atoms with Crippen LogP contribution in [0.15, 0.2) is 6.07 Å². The van der Waals surface area contributed by atoms with Gasteiger partial charge in [-0.25, -0.2) is 13.8 Å². The molecule has 0 aromatic carbocycles. The Morgan fingerprint density at radius 1 is 1.65 bits per heavy atom. The Balaban J connectivity index is 3.41. The summed E-state index contributed by atoms with van der Waals surface area (Å²) in [4.78, 5) is 14.2. The molecule has 0 aliphatic heterocycles. The number of carbonyl (C=O) groups is 1. The molecular weight excluding hydrogens is 254 g/mol. The molecule has 0 radical (unpaired) electrons. The van der Waals surface area contributed by atoms with Gasteiger partial charge in [0.15, 0.2) is 0 Å². The third kappa shape index (κ3) is 3.11. The third-order valence-electron chi connectivity index (χ3n) is 2.02. The summed E-state index contributed by atoms with van der Waals surface area (Å²) in [7, 11) is 0. The highest BCUT2D eigenvalue weighted by molar-refractivity contribution is 6.17. The predicted molar refractivity (Wildman–Crippen MR) is 54.8 cm³/mol. The largest absolute Gasteiger partial charge is 0.481 e. The lowest BCUT2D eigenvalue weighted by molar-refractivity contribution is -0.136. The lowest BCUT2D eigenvalue weighted by Gasteiger charge is -2.11. The number of aromatic nitrogens is 1. The van der Waals surface area contributed by atoms with Crippen LogP contribution in [0.2, 0.25) is 0 Å². The first-order chi connectivity index (χ1) is 7.99. The van der Waals surface area contributed by atoms with E-state index in [0.29, 0.717) is 0 Å². The van der Waals surface area contributed by atoms with Gasteiger partial charge in [0.25, 0.3) is 6.43 Å². The van der Waals surface area contributed by atoms with Crippen LogP contribution < -0.4 is 0 Å². The molecule has 0 atom stereocenters. The van der Waals surface area contributed by atoms with E-state index in [9.17, 15) is 13.6 Å². The Hall–Kier alpha value is -1.74. The summed E-state index contributed by atoms with van der Waals surface area (Å²) >= 11 is 5.46. The van der Waals surface area contributed by atoms with Crippen LogP contribution >= 0.6 is 11.6 Å². The molecular formula is C10H7ClF2N2O2. The highest BCUT2D eigenvalue weighted by atomic mass is 35.5. The minimum atomic E-state index is -2.88. The van der Waals surface area contributed by atoms with Crippen molar-refractivity contribution in [1.82, 2.24) is 4.98 Å². The molecule has 0 bridgehead atoms. The number of carboxylic acids is 1. The van der Waals surface area contributed by atoms with Crippen LogP contribution in [0.3, 0.4) is 0 Å². The number of pyridine rings is 1. The summed E-state index contributed by atoms with van der Waals surface area (Å²) in [6.45, 7) is 0. The van der Waals surface area contributed by atoms with E-state index in [1.54, 1.807) is 6.07 Å². The Labute approximate surface area is 100 Å². The van der Waals surface area contributed by atoms with Crippen LogP contribution in [0.25, 0.3) is 0 Å². The van der Waals surface area contributed by atoms with Crippen molar-refractivity contribution in [2.45, 2.75) is 18.7 Å². The van der Waals surface area contributed by atoms with E-state index in [2.05, 4.69) is 4.98 Å². The van der Waals surface area contributed by atoms with Crippen LogP contribution in [0.4, 0.5) is 8.78 Å². The van der Waals surface area contributed by atoms with Crippen molar-refractivity contribution in [2.24, 2.45) is 0 Å². The molecule has 0 fully saturated rings. The topological polar surface area (TPSA) is 74.0 Å². The van der Waals surface area contributed by atoms with Gasteiger partial charge < -0.3 is 5.11 Å². The van der Waals surface area contributed by atoms with Gasteiger partial charge in [-0.1, -0.05) is 0 Å². The van der Waals surface area contributed by atoms with Gasteiger partial charge in [-0.05, 0) is 11.6 Å². The maximum absolute atomic E-state index is 12.8. The summed E-state index contributed by atoms with van der Waals surface area (Å²) in [5, 5.41) is 17.3. The Bertz CT molecular complexity index is 486. The van der Waals surface area contributed by atoms with Crippen molar-refractivity contribution < 1.29 is 18.7 Å². The highest BCUT2D eigenvalue weighted by Gasteiger charge is 2.21. The van der Waals surface area contributed by atoms with Gasteiger partial charge in [-0.3, -0.25) is 4.79 Å². The average Bonchev–Trinajstić information content (AvgIpc) is 2.26. The molecule has 1 heterocycles. The number of halogens is 3. The fraction of sp³-hybridized carbons (Fsp3) is 0.300. The first kappa shape index (κ1) is 13.3. The standard InChI is InChI=1S/C10H7ClF2N2O2/c11-3-7-9(10(12)13)5(2-8(16)17)1-6(4-14)15-7/h1,10H,2-3H2,(H,16,17). The van der Waals surface area contributed by atoms with E-state index in [-0.39, 0.29) is 22.8 Å². The second-order valence-corrected chi connectivity index (χ2v) is 3.41. The normalized spacial score (nSPS) is 10.3. The molecule has 0 aliphatic carbocycles. The summed E-state index contributed by atoms with van der Waals surface area (Å²) in [6.07, 6.45) is -3.47. The number of alkyl halides is 3. The van der Waals surface area contributed by atoms with Crippen molar-refractivity contribution in [2.75, 3.05) is 0 Å². The molecule has 0 saturated heterocycles. The van der Waals surface area contributed by atoms with Gasteiger partial charge in [0.2, 0.25) is 0 Å². The molecule has 0 amide bonds. The number of hydrogen-bond acceptors (Lipinski definition) is 3. The van der Waals surface area contributed by atoms with E-state index in [1.807, 2.05) is 0 Å². The predicted octanol–water partition coefficient (Wildman–Crippen LogP) is 2.26. The number of nitriles is 1. The monoisotopic (exact) mass is 260 g/mol. The van der Waals surface area contributed by atoms with Crippen molar-refractivity contribution in [3.8, 4) is 6.07 Å².